The number of hydrogen-bond donors (Lipinski definition) is 5. The van der Waals surface area contributed by atoms with Crippen molar-refractivity contribution in [3.63, 3.8) is 0 Å². The third kappa shape index (κ3) is 19.6. The number of aliphatic carboxylic acids is 2. The second kappa shape index (κ2) is 23.1. The minimum absolute atomic E-state index is 0. The van der Waals surface area contributed by atoms with E-state index in [4.69, 9.17) is 9.79 Å². The Kier molecular flexibility index (Phi) is 25.5. The first-order valence-electron chi connectivity index (χ1n) is 11.9. The second-order valence-corrected chi connectivity index (χ2v) is 11.5. The molecule has 2 aromatic rings. The molecule has 0 bridgehead atoms. The monoisotopic (exact) mass is 759 g/mol. The Morgan fingerprint density at radius 1 is 0.804 bits per heavy atom. The number of aryl methyl sites for hydroxylation is 2. The van der Waals surface area contributed by atoms with E-state index in [1.54, 1.807) is 0 Å². The van der Waals surface area contributed by atoms with Gasteiger partial charge in [0.2, 0.25) is 0 Å². The maximum absolute atomic E-state index is 11.5. The van der Waals surface area contributed by atoms with E-state index in [9.17, 15) is 48.9 Å². The van der Waals surface area contributed by atoms with Crippen LogP contribution in [0.1, 0.15) is 33.9 Å². The molecule has 0 spiro atoms. The van der Waals surface area contributed by atoms with Gasteiger partial charge in [-0.05, 0) is 26.0 Å². The molecule has 241 valence electrons. The molecule has 2 unspecified atom stereocenters. The predicted molar refractivity (Wildman–Crippen MR) is 134 cm³/mol. The average molecular weight is 759 g/mol. The maximum atomic E-state index is 11.5. The van der Waals surface area contributed by atoms with E-state index in [1.165, 1.54) is 35.8 Å². The van der Waals surface area contributed by atoms with E-state index in [2.05, 4.69) is 19.0 Å². The van der Waals surface area contributed by atoms with E-state index in [0.29, 0.717) is 0 Å². The number of carboxylic acids is 2. The number of aromatic nitrogens is 2. The van der Waals surface area contributed by atoms with Crippen LogP contribution in [0.4, 0.5) is 0 Å². The van der Waals surface area contributed by atoms with Crippen molar-refractivity contribution in [1.82, 2.24) is 19.8 Å². The molecule has 0 aliphatic rings. The summed E-state index contributed by atoms with van der Waals surface area (Å²) >= 11 is 0. The SMILES string of the molecule is Cc1nc(COP(=O)([O-])O)cc(CN(CCN(CC(=O)O)Cc2cc(COP(=O)([O-])O)nc(C)c2O)CC(=O)[O-])c1O.[Mn].[Na+].[Na+].[Na+]. The molecule has 2 atom stereocenters. The van der Waals surface area contributed by atoms with Gasteiger partial charge in [-0.25, -0.2) is 0 Å². The number of rotatable bonds is 17. The molecule has 1 radical (unpaired) electrons. The second-order valence-electron chi connectivity index (χ2n) is 9.08. The van der Waals surface area contributed by atoms with E-state index in [1.807, 2.05) is 0 Å². The first-order valence-corrected chi connectivity index (χ1v) is 14.9. The van der Waals surface area contributed by atoms with Crippen molar-refractivity contribution < 1.29 is 174 Å². The van der Waals surface area contributed by atoms with Gasteiger partial charge in [-0.15, -0.1) is 0 Å². The average Bonchev–Trinajstić information content (AvgIpc) is 2.84. The molecular weight excluding hydrogens is 730 g/mol. The molecule has 2 aromatic heterocycles. The zero-order valence-corrected chi connectivity index (χ0v) is 34.8. The Morgan fingerprint density at radius 3 is 1.46 bits per heavy atom. The van der Waals surface area contributed by atoms with Gasteiger partial charge in [-0.2, -0.15) is 0 Å². The summed E-state index contributed by atoms with van der Waals surface area (Å²) in [7, 11) is -10.1. The van der Waals surface area contributed by atoms with Crippen LogP contribution in [0.5, 0.6) is 11.5 Å². The van der Waals surface area contributed by atoms with Gasteiger partial charge in [-0.1, -0.05) is 0 Å². The van der Waals surface area contributed by atoms with Crippen LogP contribution in [0, 0.1) is 13.8 Å². The summed E-state index contributed by atoms with van der Waals surface area (Å²) < 4.78 is 30.5. The fraction of sp³-hybridized carbons (Fsp3) is 0.455. The number of phosphoric ester groups is 2. The zero-order chi connectivity index (χ0) is 31.8. The molecular formula is C22H29MnN4Na3O14P2. The number of carbonyl (C=O) groups excluding carboxylic acids is 1. The number of phosphoric acid groups is 2. The van der Waals surface area contributed by atoms with E-state index in [-0.39, 0.29) is 177 Å². The summed E-state index contributed by atoms with van der Waals surface area (Å²) in [5, 5.41) is 41.8. The molecule has 46 heavy (non-hydrogen) atoms. The number of carboxylic acid groups (broad SMARTS) is 2. The van der Waals surface area contributed by atoms with Crippen molar-refractivity contribution in [3.05, 3.63) is 46.0 Å². The Balaban J connectivity index is -0.00000462. The zero-order valence-electron chi connectivity index (χ0n) is 25.8. The molecule has 0 aliphatic heterocycles. The molecule has 5 N–H and O–H groups in total. The maximum Gasteiger partial charge on any atom is 1.00 e. The standard InChI is InChI=1S/C22H32N4O14P2.Mn.3Na/c1-13-21(31)15(5-17(23-13)11-39-41(33,34)35)7-25(9-19(27)28)3-4-26(10-20(29)30)8-16-6-18(12-40-42(36,37)38)24-14(2)22(16)32;;;;/h5-6,31-32H,3-4,7-12H2,1-2H3,(H,27,28)(H,29,30)(H2,33,34,35)(H2,36,37,38);;;;/q;;3*+1/p-3. The van der Waals surface area contributed by atoms with Crippen molar-refractivity contribution in [3.8, 4) is 11.5 Å². The van der Waals surface area contributed by atoms with Crippen molar-refractivity contribution in [2.75, 3.05) is 26.2 Å². The molecule has 18 nitrogen and oxygen atoms in total. The first kappa shape index (κ1) is 50.9. The summed E-state index contributed by atoms with van der Waals surface area (Å²) in [5.74, 6) is -3.38. The van der Waals surface area contributed by atoms with Crippen molar-refractivity contribution in [1.29, 1.82) is 0 Å². The van der Waals surface area contributed by atoms with Crippen LogP contribution in [0.2, 0.25) is 0 Å². The normalized spacial score (nSPS) is 13.3. The number of nitrogens with zero attached hydrogens (tertiary/aromatic N) is 4. The van der Waals surface area contributed by atoms with Crippen LogP contribution < -0.4 is 104 Å². The van der Waals surface area contributed by atoms with Gasteiger partial charge in [0, 0.05) is 60.9 Å². The first-order chi connectivity index (χ1) is 19.3. The summed E-state index contributed by atoms with van der Waals surface area (Å²) in [6.45, 7) is -0.376. The quantitative estimate of drug-likeness (QED) is 0.0739. The van der Waals surface area contributed by atoms with Gasteiger partial charge in [0.25, 0.3) is 15.6 Å². The van der Waals surface area contributed by atoms with Crippen LogP contribution in [0.3, 0.4) is 0 Å². The Labute approximate surface area is 341 Å². The topological polar surface area (TPSA) is 289 Å². The number of carbonyl (C=O) groups is 2. The van der Waals surface area contributed by atoms with Crippen molar-refractivity contribution >= 4 is 27.6 Å². The van der Waals surface area contributed by atoms with Crippen molar-refractivity contribution in [2.45, 2.75) is 40.2 Å². The van der Waals surface area contributed by atoms with Gasteiger partial charge in [0.05, 0.1) is 48.5 Å². The third-order valence-corrected chi connectivity index (χ3v) is 6.49. The molecule has 0 amide bonds. The largest absolute Gasteiger partial charge is 1.00 e. The molecule has 0 aromatic carbocycles. The van der Waals surface area contributed by atoms with Crippen LogP contribution >= 0.6 is 15.6 Å². The Hall–Kier alpha value is 0.499. The summed E-state index contributed by atoms with van der Waals surface area (Å²) in [6, 6.07) is 2.49. The molecule has 0 saturated carbocycles. The molecule has 2 heterocycles. The number of pyridine rings is 2. The molecule has 0 fully saturated rings. The van der Waals surface area contributed by atoms with Gasteiger partial charge in [0.15, 0.2) is 0 Å². The summed E-state index contributed by atoms with van der Waals surface area (Å²) in [6.07, 6.45) is 0. The molecule has 0 saturated heterocycles. The Bertz CT molecular complexity index is 1300. The minimum atomic E-state index is -5.07. The van der Waals surface area contributed by atoms with Gasteiger partial charge < -0.3 is 53.8 Å². The summed E-state index contributed by atoms with van der Waals surface area (Å²) in [4.78, 5) is 73.0. The van der Waals surface area contributed by atoms with Gasteiger partial charge in [-0.3, -0.25) is 33.7 Å². The van der Waals surface area contributed by atoms with Gasteiger partial charge >= 0.3 is 94.6 Å². The Morgan fingerprint density at radius 2 is 1.15 bits per heavy atom. The molecule has 24 heteroatoms. The van der Waals surface area contributed by atoms with Crippen LogP contribution in [0.15, 0.2) is 12.1 Å². The van der Waals surface area contributed by atoms with Gasteiger partial charge in [0.1, 0.15) is 11.5 Å². The number of aromatic hydroxyl groups is 2. The summed E-state index contributed by atoms with van der Waals surface area (Å²) in [5.41, 5.74) is 0.401. The third-order valence-electron chi connectivity index (χ3n) is 5.58. The fourth-order valence-corrected chi connectivity index (χ4v) is 4.45. The van der Waals surface area contributed by atoms with E-state index in [0.717, 1.165) is 0 Å². The molecule has 2 rings (SSSR count). The van der Waals surface area contributed by atoms with Crippen LogP contribution in [-0.2, 0) is 71.1 Å². The van der Waals surface area contributed by atoms with E-state index < -0.39 is 53.9 Å². The minimum Gasteiger partial charge on any atom is -0.756 e. The number of hydrogen-bond acceptors (Lipinski definition) is 15. The predicted octanol–water partition coefficient (Wildman–Crippen LogP) is -11.4. The van der Waals surface area contributed by atoms with E-state index >= 15 is 0 Å². The molecule has 0 aliphatic carbocycles. The fourth-order valence-electron chi connectivity index (χ4n) is 3.86. The van der Waals surface area contributed by atoms with Crippen LogP contribution in [-0.4, -0.2) is 83.0 Å². The smallest absolute Gasteiger partial charge is 0.756 e. The van der Waals surface area contributed by atoms with Crippen molar-refractivity contribution in [2.24, 2.45) is 0 Å². The van der Waals surface area contributed by atoms with Crippen LogP contribution in [0.25, 0.3) is 0 Å².